The summed E-state index contributed by atoms with van der Waals surface area (Å²) in [6.45, 7) is 4.72. The summed E-state index contributed by atoms with van der Waals surface area (Å²) in [6.07, 6.45) is 9.91. The van der Waals surface area contributed by atoms with Gasteiger partial charge in [0.15, 0.2) is 0 Å². The Morgan fingerprint density at radius 1 is 1.21 bits per heavy atom. The number of hydrogen-bond donors (Lipinski definition) is 1. The van der Waals surface area contributed by atoms with Crippen LogP contribution in [0.2, 0.25) is 0 Å². The van der Waals surface area contributed by atoms with E-state index in [9.17, 15) is 4.79 Å². The second kappa shape index (κ2) is 7.73. The van der Waals surface area contributed by atoms with Gasteiger partial charge in [-0.05, 0) is 25.8 Å². The lowest BCUT2D eigenvalue weighted by Gasteiger charge is -2.27. The molecule has 0 bridgehead atoms. The third kappa shape index (κ3) is 4.37. The minimum Gasteiger partial charge on any atom is -0.443 e. The molecular weight excluding hydrogens is 240 g/mol. The molecule has 0 radical (unpaired) electrons. The molecule has 1 saturated heterocycles. The first kappa shape index (κ1) is 14.6. The van der Waals surface area contributed by atoms with Gasteiger partial charge in [0.05, 0.1) is 6.54 Å². The number of nitrogens with zero attached hydrogens (tertiary/aromatic N) is 1. The van der Waals surface area contributed by atoms with E-state index in [1.165, 1.54) is 32.1 Å². The molecule has 1 N–H and O–H groups in total. The van der Waals surface area contributed by atoms with Gasteiger partial charge in [-0.25, -0.2) is 4.79 Å². The molecule has 2 rings (SSSR count). The number of nitrogens with one attached hydrogen (secondary N) is 1. The molecule has 1 amide bonds. The van der Waals surface area contributed by atoms with Crippen molar-refractivity contribution in [2.24, 2.45) is 0 Å². The highest BCUT2D eigenvalue weighted by Crippen LogP contribution is 2.25. The number of rotatable bonds is 5. The quantitative estimate of drug-likeness (QED) is 0.780. The highest BCUT2D eigenvalue weighted by Gasteiger charge is 2.35. The second-order valence-electron chi connectivity index (χ2n) is 5.86. The van der Waals surface area contributed by atoms with Crippen molar-refractivity contribution in [2.45, 2.75) is 70.4 Å². The first-order valence-electron chi connectivity index (χ1n) is 7.99. The fourth-order valence-corrected chi connectivity index (χ4v) is 3.13. The van der Waals surface area contributed by atoms with Crippen LogP contribution in [0.3, 0.4) is 0 Å². The van der Waals surface area contributed by atoms with E-state index in [2.05, 4.69) is 12.2 Å². The Labute approximate surface area is 116 Å². The molecule has 0 spiro atoms. The van der Waals surface area contributed by atoms with Crippen LogP contribution in [-0.2, 0) is 4.74 Å². The van der Waals surface area contributed by atoms with E-state index in [-0.39, 0.29) is 12.2 Å². The average molecular weight is 268 g/mol. The lowest BCUT2D eigenvalue weighted by atomic mass is 9.96. The molecule has 4 heteroatoms. The van der Waals surface area contributed by atoms with E-state index in [1.54, 1.807) is 0 Å². The van der Waals surface area contributed by atoms with Gasteiger partial charge in [-0.3, -0.25) is 0 Å². The van der Waals surface area contributed by atoms with Crippen LogP contribution in [-0.4, -0.2) is 42.8 Å². The Hall–Kier alpha value is -0.770. The van der Waals surface area contributed by atoms with Gasteiger partial charge in [-0.2, -0.15) is 0 Å². The van der Waals surface area contributed by atoms with Crippen molar-refractivity contribution in [3.63, 3.8) is 0 Å². The molecule has 0 aromatic rings. The molecule has 1 saturated carbocycles. The minimum absolute atomic E-state index is 0.0458. The SMILES string of the molecule is CCCNC[C@@H]1CN(C2CCCCCCC2)C(=O)O1. The summed E-state index contributed by atoms with van der Waals surface area (Å²) in [5.74, 6) is 0. The first-order valence-corrected chi connectivity index (χ1v) is 7.99. The number of carbonyl (C=O) groups excluding carboxylic acids is 1. The number of hydrogen-bond acceptors (Lipinski definition) is 3. The summed E-state index contributed by atoms with van der Waals surface area (Å²) in [4.78, 5) is 14.0. The molecule has 110 valence electrons. The molecule has 4 nitrogen and oxygen atoms in total. The van der Waals surface area contributed by atoms with Crippen LogP contribution in [0.1, 0.15) is 58.3 Å². The Bertz CT molecular complexity index is 275. The maximum absolute atomic E-state index is 12.0. The van der Waals surface area contributed by atoms with Gasteiger partial charge in [-0.15, -0.1) is 0 Å². The Morgan fingerprint density at radius 2 is 1.89 bits per heavy atom. The van der Waals surface area contributed by atoms with E-state index in [0.29, 0.717) is 6.04 Å². The Morgan fingerprint density at radius 3 is 2.58 bits per heavy atom. The topological polar surface area (TPSA) is 41.6 Å². The van der Waals surface area contributed by atoms with Crippen molar-refractivity contribution in [3.8, 4) is 0 Å². The van der Waals surface area contributed by atoms with Gasteiger partial charge < -0.3 is 15.0 Å². The van der Waals surface area contributed by atoms with Gasteiger partial charge in [0.1, 0.15) is 6.10 Å². The van der Waals surface area contributed by atoms with E-state index in [0.717, 1.165) is 38.9 Å². The van der Waals surface area contributed by atoms with Crippen LogP contribution < -0.4 is 5.32 Å². The zero-order valence-electron chi connectivity index (χ0n) is 12.2. The number of amides is 1. The number of cyclic esters (lactones) is 1. The summed E-state index contributed by atoms with van der Waals surface area (Å²) < 4.78 is 5.47. The van der Waals surface area contributed by atoms with E-state index < -0.39 is 0 Å². The Balaban J connectivity index is 1.80. The molecule has 0 aromatic carbocycles. The first-order chi connectivity index (χ1) is 9.31. The van der Waals surface area contributed by atoms with Crippen molar-refractivity contribution in [1.82, 2.24) is 10.2 Å². The van der Waals surface area contributed by atoms with Crippen LogP contribution in [0.4, 0.5) is 4.79 Å². The standard InChI is InChI=1S/C15H28N2O2/c1-2-10-16-11-14-12-17(15(18)19-14)13-8-6-4-3-5-7-9-13/h13-14,16H,2-12H2,1H3/t14-/m1/s1. The molecule has 0 aromatic heterocycles. The zero-order chi connectivity index (χ0) is 13.5. The fraction of sp³-hybridized carbons (Fsp3) is 0.933. The maximum Gasteiger partial charge on any atom is 0.410 e. The lowest BCUT2D eigenvalue weighted by molar-refractivity contribution is 0.124. The molecule has 1 aliphatic carbocycles. The maximum atomic E-state index is 12.0. The third-order valence-electron chi connectivity index (χ3n) is 4.22. The summed E-state index contributed by atoms with van der Waals surface area (Å²) in [5.41, 5.74) is 0. The van der Waals surface area contributed by atoms with Crippen molar-refractivity contribution in [3.05, 3.63) is 0 Å². The van der Waals surface area contributed by atoms with Crippen LogP contribution in [0, 0.1) is 0 Å². The van der Waals surface area contributed by atoms with Crippen molar-refractivity contribution in [2.75, 3.05) is 19.6 Å². The number of carbonyl (C=O) groups is 1. The largest absolute Gasteiger partial charge is 0.443 e. The molecule has 1 heterocycles. The summed E-state index contributed by atoms with van der Waals surface area (Å²) in [5, 5.41) is 3.34. The van der Waals surface area contributed by atoms with E-state index in [1.807, 2.05) is 4.90 Å². The highest BCUT2D eigenvalue weighted by molar-refractivity contribution is 5.70. The summed E-state index contributed by atoms with van der Waals surface area (Å²) in [7, 11) is 0. The van der Waals surface area contributed by atoms with Gasteiger partial charge >= 0.3 is 6.09 Å². The summed E-state index contributed by atoms with van der Waals surface area (Å²) in [6, 6.07) is 0.420. The fourth-order valence-electron chi connectivity index (χ4n) is 3.13. The highest BCUT2D eigenvalue weighted by atomic mass is 16.6. The molecule has 1 atom stereocenters. The monoisotopic (exact) mass is 268 g/mol. The van der Waals surface area contributed by atoms with E-state index >= 15 is 0 Å². The van der Waals surface area contributed by atoms with Gasteiger partial charge in [0, 0.05) is 12.6 Å². The van der Waals surface area contributed by atoms with Crippen molar-refractivity contribution < 1.29 is 9.53 Å². The molecule has 0 unspecified atom stereocenters. The van der Waals surface area contributed by atoms with E-state index in [4.69, 9.17) is 4.74 Å². The molecular formula is C15H28N2O2. The average Bonchev–Trinajstić information content (AvgIpc) is 2.71. The molecule has 19 heavy (non-hydrogen) atoms. The van der Waals surface area contributed by atoms with Crippen molar-refractivity contribution in [1.29, 1.82) is 0 Å². The predicted molar refractivity (Wildman–Crippen MR) is 76.2 cm³/mol. The molecule has 2 aliphatic rings. The Kier molecular flexibility index (Phi) is 5.95. The van der Waals surface area contributed by atoms with Crippen LogP contribution in [0.25, 0.3) is 0 Å². The predicted octanol–water partition coefficient (Wildman–Crippen LogP) is 2.92. The van der Waals surface area contributed by atoms with Crippen molar-refractivity contribution >= 4 is 6.09 Å². The third-order valence-corrected chi connectivity index (χ3v) is 4.22. The minimum atomic E-state index is -0.0890. The smallest absolute Gasteiger partial charge is 0.410 e. The van der Waals surface area contributed by atoms with Crippen LogP contribution in [0.15, 0.2) is 0 Å². The lowest BCUT2D eigenvalue weighted by Crippen LogP contribution is -2.38. The van der Waals surface area contributed by atoms with Crippen LogP contribution >= 0.6 is 0 Å². The van der Waals surface area contributed by atoms with Crippen LogP contribution in [0.5, 0.6) is 0 Å². The van der Waals surface area contributed by atoms with Gasteiger partial charge in [0.2, 0.25) is 0 Å². The molecule has 1 aliphatic heterocycles. The molecule has 2 fully saturated rings. The van der Waals surface area contributed by atoms with Gasteiger partial charge in [0.25, 0.3) is 0 Å². The normalized spacial score (nSPS) is 26.1. The van der Waals surface area contributed by atoms with Gasteiger partial charge in [-0.1, -0.05) is 39.0 Å². The zero-order valence-corrected chi connectivity index (χ0v) is 12.2. The second-order valence-corrected chi connectivity index (χ2v) is 5.86. The summed E-state index contributed by atoms with van der Waals surface area (Å²) >= 11 is 0. The number of ether oxygens (including phenoxy) is 1.